The lowest BCUT2D eigenvalue weighted by molar-refractivity contribution is -0.134. The number of imide groups is 1. The molecule has 6 rings (SSSR count). The van der Waals surface area contributed by atoms with E-state index in [0.29, 0.717) is 36.4 Å². The molecule has 2 saturated heterocycles. The first-order chi connectivity index (χ1) is 17.9. The number of nitrogens with one attached hydrogen (secondary N) is 1. The number of benzene rings is 3. The molecule has 3 N–H and O–H groups in total. The van der Waals surface area contributed by atoms with Gasteiger partial charge in [-0.25, -0.2) is 4.39 Å². The van der Waals surface area contributed by atoms with E-state index in [4.69, 9.17) is 10.5 Å². The fraction of sp³-hybridized carbons (Fsp3) is 0.345. The molecular formula is C29H28FN3O4. The normalized spacial score (nSPS) is 21.0. The smallest absolute Gasteiger partial charge is 0.259 e. The number of hydrogen-bond acceptors (Lipinski definition) is 5. The summed E-state index contributed by atoms with van der Waals surface area (Å²) < 4.78 is 20.7. The molecule has 190 valence electrons. The molecule has 0 aliphatic carbocycles. The molecule has 3 aromatic carbocycles. The molecule has 7 nitrogen and oxygen atoms in total. The molecule has 37 heavy (non-hydrogen) atoms. The highest BCUT2D eigenvalue weighted by Gasteiger charge is 2.40. The first kappa shape index (κ1) is 23.8. The number of amides is 3. The summed E-state index contributed by atoms with van der Waals surface area (Å²) in [5.41, 5.74) is 9.84. The minimum atomic E-state index is -0.739. The molecule has 2 fully saturated rings. The van der Waals surface area contributed by atoms with Gasteiger partial charge in [0.25, 0.3) is 5.91 Å². The van der Waals surface area contributed by atoms with Crippen molar-refractivity contribution in [3.8, 4) is 0 Å². The number of nitrogens with zero attached hydrogens (tertiary/aromatic N) is 1. The first-order valence-electron chi connectivity index (χ1n) is 12.8. The number of hydrogen-bond donors (Lipinski definition) is 2. The zero-order valence-corrected chi connectivity index (χ0v) is 20.3. The van der Waals surface area contributed by atoms with Crippen LogP contribution in [0, 0.1) is 11.7 Å². The van der Waals surface area contributed by atoms with Crippen LogP contribution in [0.5, 0.6) is 0 Å². The van der Waals surface area contributed by atoms with E-state index in [1.165, 1.54) is 4.90 Å². The van der Waals surface area contributed by atoms with Crippen LogP contribution < -0.4 is 16.0 Å². The van der Waals surface area contributed by atoms with Crippen molar-refractivity contribution in [3.05, 3.63) is 76.6 Å². The minimum absolute atomic E-state index is 0.186. The third-order valence-electron chi connectivity index (χ3n) is 7.96. The number of rotatable bonds is 5. The molecule has 3 aliphatic heterocycles. The monoisotopic (exact) mass is 501 g/mol. The fourth-order valence-electron chi connectivity index (χ4n) is 5.93. The maximum atomic E-state index is 15.3. The lowest BCUT2D eigenvalue weighted by atomic mass is 9.87. The third kappa shape index (κ3) is 4.10. The number of carbonyl (C=O) groups excluding carboxylic acids is 3. The predicted molar refractivity (Wildman–Crippen MR) is 137 cm³/mol. The fourth-order valence-corrected chi connectivity index (χ4v) is 5.93. The van der Waals surface area contributed by atoms with Crippen LogP contribution in [0.15, 0.2) is 48.5 Å². The van der Waals surface area contributed by atoms with E-state index in [1.54, 1.807) is 18.2 Å². The Morgan fingerprint density at radius 3 is 2.57 bits per heavy atom. The van der Waals surface area contributed by atoms with Crippen LogP contribution in [-0.4, -0.2) is 37.0 Å². The van der Waals surface area contributed by atoms with E-state index >= 15 is 4.39 Å². The molecule has 8 heteroatoms. The molecule has 3 heterocycles. The van der Waals surface area contributed by atoms with Crippen molar-refractivity contribution >= 4 is 34.2 Å². The van der Waals surface area contributed by atoms with Crippen molar-refractivity contribution in [2.24, 2.45) is 11.7 Å². The molecule has 0 aromatic heterocycles. The van der Waals surface area contributed by atoms with Crippen molar-refractivity contribution < 1.29 is 23.5 Å². The Morgan fingerprint density at radius 2 is 1.81 bits per heavy atom. The largest absolute Gasteiger partial charge is 0.381 e. The highest BCUT2D eigenvalue weighted by Crippen LogP contribution is 2.41. The van der Waals surface area contributed by atoms with Gasteiger partial charge >= 0.3 is 0 Å². The van der Waals surface area contributed by atoms with E-state index in [0.717, 1.165) is 34.7 Å². The Kier molecular flexibility index (Phi) is 6.01. The van der Waals surface area contributed by atoms with E-state index < -0.39 is 11.9 Å². The highest BCUT2D eigenvalue weighted by atomic mass is 19.1. The van der Waals surface area contributed by atoms with Gasteiger partial charge in [0, 0.05) is 43.0 Å². The zero-order chi connectivity index (χ0) is 25.7. The van der Waals surface area contributed by atoms with E-state index in [1.807, 2.05) is 30.3 Å². The summed E-state index contributed by atoms with van der Waals surface area (Å²) in [7, 11) is 0. The van der Waals surface area contributed by atoms with Crippen molar-refractivity contribution in [2.45, 2.75) is 44.2 Å². The standard InChI is InChI=1S/C29H28FN3O4/c30-22-15-19(27(31)16-10-12-37-13-11-16)5-4-18(22)14-17-6-7-23-26-20(17)2-1-3-21(26)29(36)33(23)24-8-9-25(34)32-28(24)35/h1-7,15-16,24,27H,8-14,31H2,(H,32,34,35)/t24-,27+/m0/s1. The lowest BCUT2D eigenvalue weighted by Crippen LogP contribution is -2.53. The van der Waals surface area contributed by atoms with Crippen LogP contribution in [0.4, 0.5) is 10.1 Å². The Hall–Kier alpha value is -3.62. The summed E-state index contributed by atoms with van der Waals surface area (Å²) in [5.74, 6) is -1.07. The van der Waals surface area contributed by atoms with E-state index in [9.17, 15) is 14.4 Å². The highest BCUT2D eigenvalue weighted by molar-refractivity contribution is 6.27. The number of carbonyl (C=O) groups is 3. The average molecular weight is 502 g/mol. The van der Waals surface area contributed by atoms with Crippen LogP contribution in [0.2, 0.25) is 0 Å². The molecule has 0 unspecified atom stereocenters. The second kappa shape index (κ2) is 9.36. The van der Waals surface area contributed by atoms with Gasteiger partial charge in [-0.05, 0) is 65.5 Å². The van der Waals surface area contributed by atoms with Crippen molar-refractivity contribution in [3.63, 3.8) is 0 Å². The Balaban J connectivity index is 1.31. The van der Waals surface area contributed by atoms with E-state index in [2.05, 4.69) is 5.32 Å². The van der Waals surface area contributed by atoms with Gasteiger partial charge in [-0.2, -0.15) is 0 Å². The van der Waals surface area contributed by atoms with E-state index in [-0.39, 0.29) is 42.4 Å². The quantitative estimate of drug-likeness (QED) is 0.519. The SMILES string of the molecule is N[C@@H](c1ccc(Cc2ccc3c4c(cccc24)C(=O)N3[C@H]2CCC(=O)NC2=O)c(F)c1)C1CCOCC1. The first-order valence-corrected chi connectivity index (χ1v) is 12.8. The molecule has 0 saturated carbocycles. The van der Waals surface area contributed by atoms with Gasteiger partial charge in [-0.15, -0.1) is 0 Å². The van der Waals surface area contributed by atoms with Gasteiger partial charge in [-0.3, -0.25) is 24.6 Å². The van der Waals surface area contributed by atoms with Crippen LogP contribution in [0.3, 0.4) is 0 Å². The summed E-state index contributed by atoms with van der Waals surface area (Å²) in [4.78, 5) is 39.0. The van der Waals surface area contributed by atoms with Crippen LogP contribution in [0.1, 0.15) is 58.8 Å². The van der Waals surface area contributed by atoms with Crippen LogP contribution in [-0.2, 0) is 20.7 Å². The summed E-state index contributed by atoms with van der Waals surface area (Å²) >= 11 is 0. The summed E-state index contributed by atoms with van der Waals surface area (Å²) in [6, 6.07) is 13.5. The molecule has 3 aliphatic rings. The molecule has 0 bridgehead atoms. The molecular weight excluding hydrogens is 473 g/mol. The molecule has 3 amide bonds. The zero-order valence-electron chi connectivity index (χ0n) is 20.3. The van der Waals surface area contributed by atoms with Gasteiger partial charge < -0.3 is 10.5 Å². The maximum absolute atomic E-state index is 15.3. The number of nitrogens with two attached hydrogens (primary N) is 1. The van der Waals surface area contributed by atoms with Gasteiger partial charge in [0.2, 0.25) is 11.8 Å². The summed E-state index contributed by atoms with van der Waals surface area (Å²) in [5, 5.41) is 3.95. The third-order valence-corrected chi connectivity index (χ3v) is 7.96. The molecule has 0 radical (unpaired) electrons. The number of ether oxygens (including phenoxy) is 1. The number of anilines is 1. The van der Waals surface area contributed by atoms with Crippen molar-refractivity contribution in [1.29, 1.82) is 0 Å². The van der Waals surface area contributed by atoms with Gasteiger partial charge in [-0.1, -0.05) is 30.3 Å². The predicted octanol–water partition coefficient (Wildman–Crippen LogP) is 3.76. The number of piperidine rings is 1. The van der Waals surface area contributed by atoms with Crippen LogP contribution in [0.25, 0.3) is 10.8 Å². The van der Waals surface area contributed by atoms with Crippen LogP contribution >= 0.6 is 0 Å². The second-order valence-electron chi connectivity index (χ2n) is 10.1. The molecule has 0 spiro atoms. The average Bonchev–Trinajstić information content (AvgIpc) is 3.19. The van der Waals surface area contributed by atoms with Gasteiger partial charge in [0.1, 0.15) is 11.9 Å². The van der Waals surface area contributed by atoms with Gasteiger partial charge in [0.15, 0.2) is 0 Å². The Labute approximate surface area is 213 Å². The number of halogens is 1. The minimum Gasteiger partial charge on any atom is -0.381 e. The molecule has 3 aromatic rings. The Morgan fingerprint density at radius 1 is 1.03 bits per heavy atom. The second-order valence-corrected chi connectivity index (χ2v) is 10.1. The summed E-state index contributed by atoms with van der Waals surface area (Å²) in [6.07, 6.45) is 2.57. The molecule has 2 atom stereocenters. The maximum Gasteiger partial charge on any atom is 0.259 e. The van der Waals surface area contributed by atoms with Gasteiger partial charge in [0.05, 0.1) is 5.69 Å². The van der Waals surface area contributed by atoms with Crippen molar-refractivity contribution in [2.75, 3.05) is 18.1 Å². The van der Waals surface area contributed by atoms with Crippen molar-refractivity contribution in [1.82, 2.24) is 5.32 Å². The Bertz CT molecular complexity index is 1430. The topological polar surface area (TPSA) is 102 Å². The lowest BCUT2D eigenvalue weighted by Gasteiger charge is -2.30. The summed E-state index contributed by atoms with van der Waals surface area (Å²) in [6.45, 7) is 1.38.